The molecule has 1 saturated heterocycles. The highest BCUT2D eigenvalue weighted by Crippen LogP contribution is 2.38. The number of carbonyl (C=O) groups is 1. The van der Waals surface area contributed by atoms with Crippen LogP contribution in [0.15, 0.2) is 48.5 Å². The molecule has 0 bridgehead atoms. The lowest BCUT2D eigenvalue weighted by molar-refractivity contribution is -0.132. The first kappa shape index (κ1) is 20.8. The van der Waals surface area contributed by atoms with Gasteiger partial charge in [-0.1, -0.05) is 38.1 Å². The van der Waals surface area contributed by atoms with Crippen LogP contribution in [0.5, 0.6) is 0 Å². The maximum Gasteiger partial charge on any atom is 0.237 e. The van der Waals surface area contributed by atoms with E-state index in [9.17, 15) is 13.6 Å². The number of rotatable bonds is 7. The molecule has 0 saturated carbocycles. The van der Waals surface area contributed by atoms with Gasteiger partial charge < -0.3 is 4.90 Å². The summed E-state index contributed by atoms with van der Waals surface area (Å²) >= 11 is 1.71. The Morgan fingerprint density at radius 3 is 2.32 bits per heavy atom. The average molecular weight is 405 g/mol. The van der Waals surface area contributed by atoms with Crippen molar-refractivity contribution in [3.05, 3.63) is 71.3 Å². The van der Waals surface area contributed by atoms with Crippen LogP contribution >= 0.6 is 11.8 Å². The molecule has 0 spiro atoms. The lowest BCUT2D eigenvalue weighted by atomic mass is 10.1. The van der Waals surface area contributed by atoms with Crippen molar-refractivity contribution in [2.45, 2.75) is 25.8 Å². The van der Waals surface area contributed by atoms with E-state index in [0.717, 1.165) is 23.4 Å². The molecule has 1 aliphatic heterocycles. The smallest absolute Gasteiger partial charge is 0.237 e. The van der Waals surface area contributed by atoms with Gasteiger partial charge in [0.05, 0.1) is 6.54 Å². The number of benzene rings is 2. The molecule has 1 amide bonds. The molecule has 0 N–H and O–H groups in total. The second kappa shape index (κ2) is 9.52. The predicted molar refractivity (Wildman–Crippen MR) is 110 cm³/mol. The van der Waals surface area contributed by atoms with Crippen molar-refractivity contribution in [2.75, 3.05) is 25.4 Å². The maximum atomic E-state index is 13.2. The average Bonchev–Trinajstić information content (AvgIpc) is 3.13. The lowest BCUT2D eigenvalue weighted by Gasteiger charge is -2.29. The van der Waals surface area contributed by atoms with Crippen LogP contribution in [0, 0.1) is 17.6 Å². The number of thioether (sulfide) groups is 1. The summed E-state index contributed by atoms with van der Waals surface area (Å²) in [6.07, 6.45) is 0. The SMILES string of the molecule is CC(C)CN(CC(=O)N1CCSC1c1ccc(F)cc1)Cc1ccc(F)cc1. The molecule has 150 valence electrons. The first-order chi connectivity index (χ1) is 13.4. The zero-order chi connectivity index (χ0) is 20.1. The fourth-order valence-corrected chi connectivity index (χ4v) is 4.74. The minimum absolute atomic E-state index is 0.0696. The van der Waals surface area contributed by atoms with Crippen LogP contribution in [0.3, 0.4) is 0 Å². The quantitative estimate of drug-likeness (QED) is 0.668. The van der Waals surface area contributed by atoms with Gasteiger partial charge in [-0.05, 0) is 41.3 Å². The first-order valence-corrected chi connectivity index (χ1v) is 10.6. The number of amides is 1. The van der Waals surface area contributed by atoms with E-state index >= 15 is 0 Å². The molecular formula is C22H26F2N2OS. The summed E-state index contributed by atoms with van der Waals surface area (Å²) in [7, 11) is 0. The Kier molecular flexibility index (Phi) is 7.08. The van der Waals surface area contributed by atoms with E-state index < -0.39 is 0 Å². The third-order valence-electron chi connectivity index (χ3n) is 4.67. The topological polar surface area (TPSA) is 23.6 Å². The van der Waals surface area contributed by atoms with Gasteiger partial charge in [0.1, 0.15) is 17.0 Å². The number of halogens is 2. The molecule has 28 heavy (non-hydrogen) atoms. The monoisotopic (exact) mass is 404 g/mol. The summed E-state index contributed by atoms with van der Waals surface area (Å²) in [6, 6.07) is 12.8. The van der Waals surface area contributed by atoms with Crippen molar-refractivity contribution >= 4 is 17.7 Å². The van der Waals surface area contributed by atoms with Crippen molar-refractivity contribution in [1.82, 2.24) is 9.80 Å². The third kappa shape index (κ3) is 5.55. The van der Waals surface area contributed by atoms with Crippen LogP contribution in [-0.4, -0.2) is 41.1 Å². The van der Waals surface area contributed by atoms with E-state index in [-0.39, 0.29) is 22.9 Å². The Labute approximate surface area is 169 Å². The highest BCUT2D eigenvalue weighted by atomic mass is 32.2. The van der Waals surface area contributed by atoms with Crippen LogP contribution in [0.2, 0.25) is 0 Å². The van der Waals surface area contributed by atoms with Crippen molar-refractivity contribution < 1.29 is 13.6 Å². The van der Waals surface area contributed by atoms with E-state index in [2.05, 4.69) is 18.7 Å². The number of nitrogens with zero attached hydrogens (tertiary/aromatic N) is 2. The van der Waals surface area contributed by atoms with Gasteiger partial charge in [-0.25, -0.2) is 8.78 Å². The molecule has 0 aromatic heterocycles. The highest BCUT2D eigenvalue weighted by Gasteiger charge is 2.31. The summed E-state index contributed by atoms with van der Waals surface area (Å²) in [5, 5.41) is -0.0696. The third-order valence-corrected chi connectivity index (χ3v) is 5.93. The first-order valence-electron chi connectivity index (χ1n) is 9.55. The van der Waals surface area contributed by atoms with E-state index in [1.54, 1.807) is 36.0 Å². The summed E-state index contributed by atoms with van der Waals surface area (Å²) in [5.74, 6) is 0.824. The number of hydrogen-bond acceptors (Lipinski definition) is 3. The standard InChI is InChI=1S/C22H26F2N2OS/c1-16(2)13-25(14-17-3-7-19(23)8-4-17)15-21(27)26-11-12-28-22(26)18-5-9-20(24)10-6-18/h3-10,16,22H,11-15H2,1-2H3. The predicted octanol–water partition coefficient (Wildman–Crippen LogP) is 4.70. The molecular weight excluding hydrogens is 378 g/mol. The Balaban J connectivity index is 1.69. The van der Waals surface area contributed by atoms with E-state index in [1.807, 2.05) is 4.90 Å². The molecule has 6 heteroatoms. The second-order valence-electron chi connectivity index (χ2n) is 7.55. The molecule has 0 radical (unpaired) electrons. The minimum atomic E-state index is -0.271. The number of hydrogen-bond donors (Lipinski definition) is 0. The van der Waals surface area contributed by atoms with Crippen LogP contribution in [0.25, 0.3) is 0 Å². The molecule has 2 aromatic carbocycles. The van der Waals surface area contributed by atoms with Gasteiger partial charge in [0, 0.05) is 25.4 Å². The van der Waals surface area contributed by atoms with Gasteiger partial charge in [0.2, 0.25) is 5.91 Å². The van der Waals surface area contributed by atoms with Crippen LogP contribution < -0.4 is 0 Å². The summed E-state index contributed by atoms with van der Waals surface area (Å²) in [4.78, 5) is 17.1. The fraction of sp³-hybridized carbons (Fsp3) is 0.409. The summed E-state index contributed by atoms with van der Waals surface area (Å²) < 4.78 is 26.4. The zero-order valence-electron chi connectivity index (χ0n) is 16.3. The molecule has 1 aliphatic rings. The van der Waals surface area contributed by atoms with E-state index in [1.165, 1.54) is 24.3 Å². The normalized spacial score (nSPS) is 16.9. The van der Waals surface area contributed by atoms with Gasteiger partial charge >= 0.3 is 0 Å². The minimum Gasteiger partial charge on any atom is -0.325 e. The molecule has 1 unspecified atom stereocenters. The Morgan fingerprint density at radius 1 is 1.11 bits per heavy atom. The van der Waals surface area contributed by atoms with Crippen LogP contribution in [0.1, 0.15) is 30.3 Å². The molecule has 1 fully saturated rings. The van der Waals surface area contributed by atoms with Crippen molar-refractivity contribution in [2.24, 2.45) is 5.92 Å². The summed E-state index contributed by atoms with van der Waals surface area (Å²) in [5.41, 5.74) is 1.94. The Bertz CT molecular complexity index is 780. The van der Waals surface area contributed by atoms with Gasteiger partial charge in [-0.15, -0.1) is 11.8 Å². The lowest BCUT2D eigenvalue weighted by Crippen LogP contribution is -2.41. The molecule has 3 nitrogen and oxygen atoms in total. The molecule has 3 rings (SSSR count). The van der Waals surface area contributed by atoms with Crippen molar-refractivity contribution in [3.8, 4) is 0 Å². The number of carbonyl (C=O) groups excluding carboxylic acids is 1. The largest absolute Gasteiger partial charge is 0.325 e. The van der Waals surface area contributed by atoms with E-state index in [0.29, 0.717) is 25.6 Å². The van der Waals surface area contributed by atoms with Gasteiger partial charge in [0.25, 0.3) is 0 Å². The fourth-order valence-electron chi connectivity index (χ4n) is 3.46. The molecule has 1 atom stereocenters. The van der Waals surface area contributed by atoms with Crippen LogP contribution in [0.4, 0.5) is 8.78 Å². The van der Waals surface area contributed by atoms with Gasteiger partial charge in [-0.3, -0.25) is 9.69 Å². The van der Waals surface area contributed by atoms with Crippen molar-refractivity contribution in [3.63, 3.8) is 0 Å². The molecule has 0 aliphatic carbocycles. The second-order valence-corrected chi connectivity index (χ2v) is 8.74. The van der Waals surface area contributed by atoms with Gasteiger partial charge in [0.15, 0.2) is 0 Å². The van der Waals surface area contributed by atoms with Crippen LogP contribution in [-0.2, 0) is 11.3 Å². The maximum absolute atomic E-state index is 13.2. The zero-order valence-corrected chi connectivity index (χ0v) is 17.1. The van der Waals surface area contributed by atoms with E-state index in [4.69, 9.17) is 0 Å². The molecule has 1 heterocycles. The summed E-state index contributed by atoms with van der Waals surface area (Å²) in [6.45, 7) is 6.63. The highest BCUT2D eigenvalue weighted by molar-refractivity contribution is 7.99. The Morgan fingerprint density at radius 2 is 1.71 bits per heavy atom. The Hall–Kier alpha value is -1.92. The van der Waals surface area contributed by atoms with Gasteiger partial charge in [-0.2, -0.15) is 0 Å². The van der Waals surface area contributed by atoms with Crippen molar-refractivity contribution in [1.29, 1.82) is 0 Å². The molecule has 2 aromatic rings.